The summed E-state index contributed by atoms with van der Waals surface area (Å²) in [5.41, 5.74) is 0.853. The van der Waals surface area contributed by atoms with Gasteiger partial charge in [0.1, 0.15) is 10.6 Å². The minimum atomic E-state index is -3.62. The van der Waals surface area contributed by atoms with Crippen LogP contribution in [0, 0.1) is 6.92 Å². The molecule has 1 aliphatic rings. The third kappa shape index (κ3) is 3.94. The number of rotatable bonds is 4. The molecule has 2 rings (SSSR count). The Labute approximate surface area is 136 Å². The van der Waals surface area contributed by atoms with Gasteiger partial charge in [0.2, 0.25) is 10.0 Å². The van der Waals surface area contributed by atoms with Gasteiger partial charge in [-0.05, 0) is 37.5 Å². The molecule has 1 aliphatic heterocycles. The van der Waals surface area contributed by atoms with E-state index in [9.17, 15) is 13.2 Å². The molecule has 0 unspecified atom stereocenters. The largest absolute Gasteiger partial charge is 0.495 e. The van der Waals surface area contributed by atoms with E-state index in [1.165, 1.54) is 18.5 Å². The van der Waals surface area contributed by atoms with Gasteiger partial charge < -0.3 is 14.8 Å². The first-order valence-electron chi connectivity index (χ1n) is 7.37. The normalized spacial score (nSPS) is 16.8. The second kappa shape index (κ2) is 7.18. The molecule has 7 nitrogen and oxygen atoms in total. The molecule has 0 spiro atoms. The number of hydrogen-bond donors (Lipinski definition) is 1. The van der Waals surface area contributed by atoms with Gasteiger partial charge >= 0.3 is 6.09 Å². The standard InChI is InChI=1S/C15H22N2O5S/c1-11-4-5-13(21-2)14(10-11)23(19,20)17-8-6-12(7-9-17)16-15(18)22-3/h4-5,10,12H,6-9H2,1-3H3,(H,16,18). The number of piperidine rings is 1. The lowest BCUT2D eigenvalue weighted by molar-refractivity contribution is 0.161. The predicted octanol–water partition coefficient (Wildman–Crippen LogP) is 1.51. The number of hydrogen-bond acceptors (Lipinski definition) is 5. The average Bonchev–Trinajstić information content (AvgIpc) is 2.55. The molecular formula is C15H22N2O5S. The number of carbonyl (C=O) groups excluding carboxylic acids is 1. The van der Waals surface area contributed by atoms with Gasteiger partial charge in [-0.2, -0.15) is 4.31 Å². The molecule has 0 radical (unpaired) electrons. The zero-order valence-corrected chi connectivity index (χ0v) is 14.4. The zero-order chi connectivity index (χ0) is 17.0. The first kappa shape index (κ1) is 17.6. The summed E-state index contributed by atoms with van der Waals surface area (Å²) in [4.78, 5) is 11.4. The van der Waals surface area contributed by atoms with Gasteiger partial charge in [0, 0.05) is 19.1 Å². The van der Waals surface area contributed by atoms with Crippen LogP contribution in [0.4, 0.5) is 4.79 Å². The first-order chi connectivity index (χ1) is 10.9. The third-order valence-corrected chi connectivity index (χ3v) is 5.82. The number of methoxy groups -OCH3 is 2. The monoisotopic (exact) mass is 342 g/mol. The highest BCUT2D eigenvalue weighted by Crippen LogP contribution is 2.29. The Balaban J connectivity index is 2.13. The number of benzene rings is 1. The minimum absolute atomic E-state index is 0.0756. The Morgan fingerprint density at radius 1 is 1.26 bits per heavy atom. The van der Waals surface area contributed by atoms with E-state index >= 15 is 0 Å². The van der Waals surface area contributed by atoms with Crippen LogP contribution in [0.15, 0.2) is 23.1 Å². The number of carbonyl (C=O) groups is 1. The van der Waals surface area contributed by atoms with Crippen molar-refractivity contribution in [3.63, 3.8) is 0 Å². The van der Waals surface area contributed by atoms with Crippen molar-refractivity contribution in [2.75, 3.05) is 27.3 Å². The molecule has 1 saturated heterocycles. The van der Waals surface area contributed by atoms with Crippen LogP contribution < -0.4 is 10.1 Å². The molecule has 1 fully saturated rings. The second-order valence-electron chi connectivity index (χ2n) is 5.47. The fourth-order valence-corrected chi connectivity index (χ4v) is 4.30. The molecule has 1 aromatic rings. The Bertz CT molecular complexity index is 666. The lowest BCUT2D eigenvalue weighted by atomic mass is 10.1. The van der Waals surface area contributed by atoms with Gasteiger partial charge in [-0.1, -0.05) is 6.07 Å². The van der Waals surface area contributed by atoms with Crippen molar-refractivity contribution in [3.8, 4) is 5.75 Å². The van der Waals surface area contributed by atoms with Crippen LogP contribution >= 0.6 is 0 Å². The Kier molecular flexibility index (Phi) is 5.48. The molecule has 1 aromatic carbocycles. The summed E-state index contributed by atoms with van der Waals surface area (Å²) in [6, 6.07) is 5.01. The lowest BCUT2D eigenvalue weighted by Gasteiger charge is -2.31. The van der Waals surface area contributed by atoms with Crippen LogP contribution in [0.25, 0.3) is 0 Å². The summed E-state index contributed by atoms with van der Waals surface area (Å²) in [5, 5.41) is 2.70. The summed E-state index contributed by atoms with van der Waals surface area (Å²) in [6.07, 6.45) is 0.594. The number of sulfonamides is 1. The molecule has 0 bridgehead atoms. The Hall–Kier alpha value is -1.80. The van der Waals surface area contributed by atoms with Gasteiger partial charge in [-0.3, -0.25) is 0 Å². The molecule has 0 atom stereocenters. The van der Waals surface area contributed by atoms with Crippen molar-refractivity contribution >= 4 is 16.1 Å². The van der Waals surface area contributed by atoms with Crippen molar-refractivity contribution in [2.45, 2.75) is 30.7 Å². The molecule has 0 aromatic heterocycles. The molecule has 8 heteroatoms. The van der Waals surface area contributed by atoms with E-state index in [1.54, 1.807) is 12.1 Å². The van der Waals surface area contributed by atoms with Gasteiger partial charge in [-0.15, -0.1) is 0 Å². The predicted molar refractivity (Wildman–Crippen MR) is 85.1 cm³/mol. The van der Waals surface area contributed by atoms with Gasteiger partial charge in [-0.25, -0.2) is 13.2 Å². The molecule has 1 amide bonds. The van der Waals surface area contributed by atoms with Crippen molar-refractivity contribution in [1.82, 2.24) is 9.62 Å². The van der Waals surface area contributed by atoms with Gasteiger partial charge in [0.15, 0.2) is 0 Å². The number of ether oxygens (including phenoxy) is 2. The number of nitrogens with one attached hydrogen (secondary N) is 1. The van der Waals surface area contributed by atoms with Crippen molar-refractivity contribution in [1.29, 1.82) is 0 Å². The van der Waals surface area contributed by atoms with E-state index in [0.29, 0.717) is 31.7 Å². The molecule has 1 N–H and O–H groups in total. The lowest BCUT2D eigenvalue weighted by Crippen LogP contribution is -2.46. The second-order valence-corrected chi connectivity index (χ2v) is 7.37. The molecular weight excluding hydrogens is 320 g/mol. The van der Waals surface area contributed by atoms with E-state index in [2.05, 4.69) is 10.1 Å². The molecule has 0 saturated carbocycles. The number of aryl methyl sites for hydroxylation is 1. The number of amides is 1. The van der Waals surface area contributed by atoms with E-state index in [0.717, 1.165) is 5.56 Å². The smallest absolute Gasteiger partial charge is 0.407 e. The summed E-state index contributed by atoms with van der Waals surface area (Å²) >= 11 is 0. The van der Waals surface area contributed by atoms with Crippen molar-refractivity contribution < 1.29 is 22.7 Å². The van der Waals surface area contributed by atoms with Gasteiger partial charge in [0.05, 0.1) is 14.2 Å². The van der Waals surface area contributed by atoms with E-state index in [4.69, 9.17) is 4.74 Å². The maximum atomic E-state index is 12.8. The minimum Gasteiger partial charge on any atom is -0.495 e. The maximum absolute atomic E-state index is 12.8. The SMILES string of the molecule is COC(=O)NC1CCN(S(=O)(=O)c2cc(C)ccc2OC)CC1. The maximum Gasteiger partial charge on any atom is 0.407 e. The van der Waals surface area contributed by atoms with Crippen LogP contribution in [0.5, 0.6) is 5.75 Å². The Morgan fingerprint density at radius 3 is 2.48 bits per heavy atom. The van der Waals surface area contributed by atoms with Crippen molar-refractivity contribution in [3.05, 3.63) is 23.8 Å². The van der Waals surface area contributed by atoms with Crippen LogP contribution in [0.1, 0.15) is 18.4 Å². The van der Waals surface area contributed by atoms with E-state index in [-0.39, 0.29) is 10.9 Å². The highest BCUT2D eigenvalue weighted by Gasteiger charge is 2.32. The van der Waals surface area contributed by atoms with Crippen LogP contribution in [-0.4, -0.2) is 52.2 Å². The van der Waals surface area contributed by atoms with Gasteiger partial charge in [0.25, 0.3) is 0 Å². The fourth-order valence-electron chi connectivity index (χ4n) is 2.59. The summed E-state index contributed by atoms with van der Waals surface area (Å²) in [7, 11) is -0.861. The average molecular weight is 342 g/mol. The first-order valence-corrected chi connectivity index (χ1v) is 8.81. The molecule has 0 aliphatic carbocycles. The topological polar surface area (TPSA) is 84.9 Å². The van der Waals surface area contributed by atoms with E-state index in [1.807, 2.05) is 13.0 Å². The fraction of sp³-hybridized carbons (Fsp3) is 0.533. The summed E-state index contributed by atoms with van der Waals surface area (Å²) in [6.45, 7) is 2.52. The number of alkyl carbamates (subject to hydrolysis) is 1. The quantitative estimate of drug-likeness (QED) is 0.896. The molecule has 128 valence electrons. The molecule has 1 heterocycles. The highest BCUT2D eigenvalue weighted by molar-refractivity contribution is 7.89. The van der Waals surface area contributed by atoms with Crippen LogP contribution in [0.3, 0.4) is 0 Å². The van der Waals surface area contributed by atoms with Crippen LogP contribution in [0.2, 0.25) is 0 Å². The van der Waals surface area contributed by atoms with Crippen LogP contribution in [-0.2, 0) is 14.8 Å². The number of nitrogens with zero attached hydrogens (tertiary/aromatic N) is 1. The molecule has 23 heavy (non-hydrogen) atoms. The van der Waals surface area contributed by atoms with Crippen molar-refractivity contribution in [2.24, 2.45) is 0 Å². The summed E-state index contributed by atoms with van der Waals surface area (Å²) in [5.74, 6) is 0.338. The Morgan fingerprint density at radius 2 is 1.91 bits per heavy atom. The summed E-state index contributed by atoms with van der Waals surface area (Å²) < 4.78 is 36.9. The van der Waals surface area contributed by atoms with E-state index < -0.39 is 16.1 Å². The third-order valence-electron chi connectivity index (χ3n) is 3.90. The zero-order valence-electron chi connectivity index (χ0n) is 13.5. The highest BCUT2D eigenvalue weighted by atomic mass is 32.2.